The molecule has 10 rings (SSSR count). The average Bonchev–Trinajstić information content (AvgIpc) is 3.60. The van der Waals surface area contributed by atoms with Crippen LogP contribution in [-0.4, -0.2) is 19.9 Å². The van der Waals surface area contributed by atoms with Crippen LogP contribution in [0.4, 0.5) is 0 Å². The van der Waals surface area contributed by atoms with Crippen LogP contribution in [0.5, 0.6) is 0 Å². The molecule has 1 aliphatic rings. The van der Waals surface area contributed by atoms with E-state index in [1.54, 1.807) is 6.08 Å². The van der Waals surface area contributed by atoms with Gasteiger partial charge in [0.1, 0.15) is 0 Å². The van der Waals surface area contributed by atoms with Crippen molar-refractivity contribution in [1.29, 1.82) is 0 Å². The highest BCUT2D eigenvalue weighted by molar-refractivity contribution is 6.02. The number of allylic oxidation sites excluding steroid dienone is 8. The van der Waals surface area contributed by atoms with E-state index < -0.39 is 0 Å². The van der Waals surface area contributed by atoms with Crippen LogP contribution in [0.1, 0.15) is 29.3 Å². The highest BCUT2D eigenvalue weighted by Gasteiger charge is 2.19. The van der Waals surface area contributed by atoms with E-state index in [-0.39, 0.29) is 0 Å². The van der Waals surface area contributed by atoms with E-state index in [9.17, 15) is 0 Å². The SMILES string of the molecule is C=C/C=C(\C=C/C)c1cc(-c2cccc(-c3cccc4c5c(ccc34)C(c3cccc(-c4cc(-c6ccccc6)nc(-c6ccccc6)n4)c3)=CC=CC5)c2)nc(-c2ccccc2)n1. The molecule has 0 aliphatic heterocycles. The normalized spacial score (nSPS) is 12.5. The lowest BCUT2D eigenvalue weighted by Crippen LogP contribution is -1.98. The Bertz CT molecular complexity index is 3250. The number of benzene rings is 7. The molecule has 2 aromatic heterocycles. The molecular weight excluding hydrogens is 777 g/mol. The maximum Gasteiger partial charge on any atom is 0.160 e. The lowest BCUT2D eigenvalue weighted by molar-refractivity contribution is 1.16. The van der Waals surface area contributed by atoms with Crippen LogP contribution in [0.2, 0.25) is 0 Å². The fraction of sp³-hybridized carbons (Fsp3) is 0.0333. The Kier molecular flexibility index (Phi) is 11.2. The van der Waals surface area contributed by atoms with Crippen molar-refractivity contribution in [2.24, 2.45) is 0 Å². The molecule has 2 heterocycles. The summed E-state index contributed by atoms with van der Waals surface area (Å²) in [6, 6.07) is 63.6. The molecule has 0 saturated heterocycles. The number of nitrogens with zero attached hydrogens (tertiary/aromatic N) is 4. The first-order valence-electron chi connectivity index (χ1n) is 21.7. The standard InChI is InChI=1S/C60H44N4/c1-3-19-41(20-4-2)55-39-57(63-59(61-55)43-23-10-6-11-24-43)48-30-17-28-46(38-48)50-33-18-34-52-51-32-15-14-31-49(53(51)35-36-54(50)52)45-27-16-29-47(37-45)58-40-56(42-21-8-5-9-22-42)62-60(64-58)44-25-12-7-13-26-44/h3-31,33-40H,1,32H2,2H3/b20-4-,41-19+. The summed E-state index contributed by atoms with van der Waals surface area (Å²) in [7, 11) is 0. The first-order valence-corrected chi connectivity index (χ1v) is 21.7. The van der Waals surface area contributed by atoms with E-state index in [1.807, 2.05) is 61.5 Å². The quantitative estimate of drug-likeness (QED) is 0.129. The van der Waals surface area contributed by atoms with Crippen molar-refractivity contribution < 1.29 is 0 Å². The summed E-state index contributed by atoms with van der Waals surface area (Å²) in [5, 5.41) is 2.45. The van der Waals surface area contributed by atoms with Gasteiger partial charge in [-0.15, -0.1) is 0 Å². The summed E-state index contributed by atoms with van der Waals surface area (Å²) >= 11 is 0. The maximum absolute atomic E-state index is 5.14. The first-order chi connectivity index (χ1) is 31.6. The van der Waals surface area contributed by atoms with Gasteiger partial charge in [0.2, 0.25) is 0 Å². The topological polar surface area (TPSA) is 51.6 Å². The van der Waals surface area contributed by atoms with Crippen molar-refractivity contribution in [3.05, 3.63) is 253 Å². The highest BCUT2D eigenvalue weighted by atomic mass is 14.9. The smallest absolute Gasteiger partial charge is 0.160 e. The minimum absolute atomic E-state index is 0.680. The van der Waals surface area contributed by atoms with Crippen molar-refractivity contribution >= 4 is 21.9 Å². The van der Waals surface area contributed by atoms with Crippen LogP contribution in [0.15, 0.2) is 231 Å². The number of rotatable bonds is 10. The van der Waals surface area contributed by atoms with Gasteiger partial charge in [0.15, 0.2) is 11.6 Å². The molecule has 4 heteroatoms. The van der Waals surface area contributed by atoms with Crippen LogP contribution in [-0.2, 0) is 6.42 Å². The summed E-state index contributed by atoms with van der Waals surface area (Å²) in [5.41, 5.74) is 16.6. The molecule has 64 heavy (non-hydrogen) atoms. The van der Waals surface area contributed by atoms with E-state index in [0.717, 1.165) is 73.7 Å². The zero-order valence-corrected chi connectivity index (χ0v) is 35.6. The highest BCUT2D eigenvalue weighted by Crippen LogP contribution is 2.39. The number of aromatic nitrogens is 4. The maximum atomic E-state index is 5.14. The van der Waals surface area contributed by atoms with Crippen molar-refractivity contribution in [2.45, 2.75) is 13.3 Å². The van der Waals surface area contributed by atoms with Gasteiger partial charge in [-0.25, -0.2) is 19.9 Å². The van der Waals surface area contributed by atoms with E-state index in [2.05, 4.69) is 170 Å². The summed E-state index contributed by atoms with van der Waals surface area (Å²) in [4.78, 5) is 20.3. The number of fused-ring (bicyclic) bond motifs is 3. The van der Waals surface area contributed by atoms with Gasteiger partial charge < -0.3 is 0 Å². The molecule has 0 fully saturated rings. The van der Waals surface area contributed by atoms with Crippen molar-refractivity contribution in [2.75, 3.05) is 0 Å². The Morgan fingerprint density at radius 1 is 0.484 bits per heavy atom. The Balaban J connectivity index is 1.04. The Labute approximate surface area is 374 Å². The van der Waals surface area contributed by atoms with Crippen LogP contribution in [0, 0.1) is 0 Å². The van der Waals surface area contributed by atoms with Gasteiger partial charge in [-0.1, -0.05) is 207 Å². The second-order valence-corrected chi connectivity index (χ2v) is 15.7. The second kappa shape index (κ2) is 17.9. The lowest BCUT2D eigenvalue weighted by Gasteiger charge is -2.17. The van der Waals surface area contributed by atoms with Gasteiger partial charge in [0.05, 0.1) is 22.8 Å². The van der Waals surface area contributed by atoms with E-state index in [0.29, 0.717) is 11.6 Å². The van der Waals surface area contributed by atoms with E-state index in [4.69, 9.17) is 19.9 Å². The van der Waals surface area contributed by atoms with E-state index >= 15 is 0 Å². The van der Waals surface area contributed by atoms with Crippen LogP contribution >= 0.6 is 0 Å². The van der Waals surface area contributed by atoms with Crippen LogP contribution < -0.4 is 0 Å². The Morgan fingerprint density at radius 2 is 1.05 bits per heavy atom. The Hall–Kier alpha value is -8.34. The molecule has 1 aliphatic carbocycles. The molecule has 7 aromatic carbocycles. The minimum Gasteiger partial charge on any atom is -0.228 e. The van der Waals surface area contributed by atoms with Gasteiger partial charge in [-0.3, -0.25) is 0 Å². The molecule has 0 saturated carbocycles. The van der Waals surface area contributed by atoms with Crippen LogP contribution in [0.3, 0.4) is 0 Å². The minimum atomic E-state index is 0.680. The zero-order valence-electron chi connectivity index (χ0n) is 35.6. The van der Waals surface area contributed by atoms with Gasteiger partial charge in [-0.2, -0.15) is 0 Å². The number of hydrogen-bond donors (Lipinski definition) is 0. The molecule has 0 atom stereocenters. The van der Waals surface area contributed by atoms with Crippen molar-refractivity contribution in [3.63, 3.8) is 0 Å². The molecule has 0 spiro atoms. The molecule has 0 unspecified atom stereocenters. The lowest BCUT2D eigenvalue weighted by atomic mass is 9.87. The van der Waals surface area contributed by atoms with Crippen LogP contribution in [0.25, 0.3) is 89.6 Å². The molecule has 9 aromatic rings. The fourth-order valence-electron chi connectivity index (χ4n) is 8.59. The molecular formula is C60H44N4. The third kappa shape index (κ3) is 8.09. The predicted octanol–water partition coefficient (Wildman–Crippen LogP) is 15.1. The number of hydrogen-bond acceptors (Lipinski definition) is 4. The third-order valence-corrected chi connectivity index (χ3v) is 11.6. The van der Waals surface area contributed by atoms with Crippen molar-refractivity contribution in [1.82, 2.24) is 19.9 Å². The second-order valence-electron chi connectivity index (χ2n) is 15.7. The Morgan fingerprint density at radius 3 is 1.72 bits per heavy atom. The molecule has 0 bridgehead atoms. The van der Waals surface area contributed by atoms with Gasteiger partial charge in [0, 0.05) is 27.8 Å². The zero-order chi connectivity index (χ0) is 43.2. The van der Waals surface area contributed by atoms with Gasteiger partial charge >= 0.3 is 0 Å². The third-order valence-electron chi connectivity index (χ3n) is 11.6. The summed E-state index contributed by atoms with van der Waals surface area (Å²) < 4.78 is 0. The first kappa shape index (κ1) is 39.8. The van der Waals surface area contributed by atoms with E-state index in [1.165, 1.54) is 33.0 Å². The van der Waals surface area contributed by atoms with Gasteiger partial charge in [0.25, 0.3) is 0 Å². The fourth-order valence-corrected chi connectivity index (χ4v) is 8.59. The summed E-state index contributed by atoms with van der Waals surface area (Å²) in [6.45, 7) is 5.98. The monoisotopic (exact) mass is 820 g/mol. The molecule has 0 amide bonds. The average molecular weight is 821 g/mol. The van der Waals surface area contributed by atoms with Crippen molar-refractivity contribution in [3.8, 4) is 67.7 Å². The summed E-state index contributed by atoms with van der Waals surface area (Å²) in [6.07, 6.45) is 15.4. The molecule has 4 nitrogen and oxygen atoms in total. The summed E-state index contributed by atoms with van der Waals surface area (Å²) in [5.74, 6) is 1.38. The molecule has 0 N–H and O–H groups in total. The largest absolute Gasteiger partial charge is 0.228 e. The molecule has 304 valence electrons. The predicted molar refractivity (Wildman–Crippen MR) is 267 cm³/mol. The van der Waals surface area contributed by atoms with Gasteiger partial charge in [-0.05, 0) is 87.3 Å². The molecule has 0 radical (unpaired) electrons.